The molecule has 24 heavy (non-hydrogen) atoms. The normalized spacial score (nSPS) is 11.2. The number of methoxy groups -OCH3 is 1. The van der Waals surface area contributed by atoms with Crippen molar-refractivity contribution in [2.75, 3.05) is 12.4 Å². The molecule has 0 saturated carbocycles. The molecule has 2 rings (SSSR count). The monoisotopic (exact) mass is 359 g/mol. The highest BCUT2D eigenvalue weighted by Crippen LogP contribution is 2.33. The van der Waals surface area contributed by atoms with Gasteiger partial charge in [0.15, 0.2) is 5.78 Å². The summed E-state index contributed by atoms with van der Waals surface area (Å²) in [6, 6.07) is 4.61. The minimum absolute atomic E-state index is 0.182. The Hall–Kier alpha value is -2.49. The largest absolute Gasteiger partial charge is 0.496 e. The lowest BCUT2D eigenvalue weighted by Crippen LogP contribution is -2.15. The standard InChI is InChI=1S/C14H12F3N3O3S/c1-7(21)8-3-4-10(23-2)9(5-8)6-11(22)18-13-20-19-12(24-13)14(15,16)17/h3-5H,6H2,1-2H3,(H,18,20,22). The average Bonchev–Trinajstić information content (AvgIpc) is 2.95. The third-order valence-electron chi connectivity index (χ3n) is 2.95. The Bertz CT molecular complexity index is 774. The molecule has 0 aliphatic rings. The molecule has 0 bridgehead atoms. The number of carbonyl (C=O) groups excluding carboxylic acids is 2. The minimum atomic E-state index is -4.61. The van der Waals surface area contributed by atoms with Crippen LogP contribution in [0.25, 0.3) is 0 Å². The van der Waals surface area contributed by atoms with E-state index in [1.54, 1.807) is 12.1 Å². The second-order valence-electron chi connectivity index (χ2n) is 4.72. The molecule has 0 fully saturated rings. The van der Waals surface area contributed by atoms with Crippen LogP contribution in [0.3, 0.4) is 0 Å². The van der Waals surface area contributed by atoms with E-state index < -0.39 is 17.1 Å². The lowest BCUT2D eigenvalue weighted by atomic mass is 10.0. The van der Waals surface area contributed by atoms with E-state index in [2.05, 4.69) is 15.5 Å². The van der Waals surface area contributed by atoms with Gasteiger partial charge in [-0.1, -0.05) is 11.3 Å². The molecule has 1 aromatic carbocycles. The predicted molar refractivity (Wildman–Crippen MR) is 80.2 cm³/mol. The van der Waals surface area contributed by atoms with E-state index in [-0.39, 0.29) is 28.7 Å². The van der Waals surface area contributed by atoms with Crippen LogP contribution < -0.4 is 10.1 Å². The Morgan fingerprint density at radius 2 is 2.00 bits per heavy atom. The highest BCUT2D eigenvalue weighted by atomic mass is 32.1. The van der Waals surface area contributed by atoms with Gasteiger partial charge in [-0.05, 0) is 25.1 Å². The fourth-order valence-corrected chi connectivity index (χ4v) is 2.49. The van der Waals surface area contributed by atoms with Crippen molar-refractivity contribution in [2.45, 2.75) is 19.5 Å². The van der Waals surface area contributed by atoms with Crippen molar-refractivity contribution < 1.29 is 27.5 Å². The van der Waals surface area contributed by atoms with Gasteiger partial charge in [-0.3, -0.25) is 9.59 Å². The van der Waals surface area contributed by atoms with Gasteiger partial charge in [0.05, 0.1) is 13.5 Å². The number of ether oxygens (including phenoxy) is 1. The molecule has 0 saturated heterocycles. The SMILES string of the molecule is COc1ccc(C(C)=O)cc1CC(=O)Nc1nnc(C(F)(F)F)s1. The van der Waals surface area contributed by atoms with Crippen molar-refractivity contribution in [3.63, 3.8) is 0 Å². The number of amides is 1. The van der Waals surface area contributed by atoms with Gasteiger partial charge >= 0.3 is 6.18 Å². The molecular formula is C14H12F3N3O3S. The summed E-state index contributed by atoms with van der Waals surface area (Å²) in [5, 5.41) is 7.11. The summed E-state index contributed by atoms with van der Waals surface area (Å²) in [6.45, 7) is 1.38. The van der Waals surface area contributed by atoms with Gasteiger partial charge in [-0.2, -0.15) is 13.2 Å². The molecule has 128 valence electrons. The highest BCUT2D eigenvalue weighted by molar-refractivity contribution is 7.15. The van der Waals surface area contributed by atoms with Crippen LogP contribution in [-0.2, 0) is 17.4 Å². The lowest BCUT2D eigenvalue weighted by molar-refractivity contribution is -0.138. The number of rotatable bonds is 5. The number of Topliss-reactive ketones (excluding diaryl/α,β-unsaturated/α-hetero) is 1. The number of carbonyl (C=O) groups is 2. The van der Waals surface area contributed by atoms with Gasteiger partial charge in [0.2, 0.25) is 16.0 Å². The Morgan fingerprint density at radius 3 is 2.54 bits per heavy atom. The molecule has 1 N–H and O–H groups in total. The van der Waals surface area contributed by atoms with Crippen molar-refractivity contribution in [1.29, 1.82) is 0 Å². The summed E-state index contributed by atoms with van der Waals surface area (Å²) in [5.41, 5.74) is 0.831. The Labute approximate surface area is 138 Å². The smallest absolute Gasteiger partial charge is 0.445 e. The number of nitrogens with zero attached hydrogens (tertiary/aromatic N) is 2. The van der Waals surface area contributed by atoms with Crippen LogP contribution in [0.2, 0.25) is 0 Å². The van der Waals surface area contributed by atoms with Crippen LogP contribution in [0.1, 0.15) is 27.9 Å². The van der Waals surface area contributed by atoms with E-state index in [0.717, 1.165) is 0 Å². The van der Waals surface area contributed by atoms with Gasteiger partial charge in [-0.15, -0.1) is 10.2 Å². The summed E-state index contributed by atoms with van der Waals surface area (Å²) >= 11 is 0.232. The minimum Gasteiger partial charge on any atom is -0.496 e. The number of benzene rings is 1. The van der Waals surface area contributed by atoms with E-state index in [1.807, 2.05) is 0 Å². The van der Waals surface area contributed by atoms with Crippen LogP contribution in [-0.4, -0.2) is 29.0 Å². The van der Waals surface area contributed by atoms with Crippen LogP contribution >= 0.6 is 11.3 Å². The number of ketones is 1. The fourth-order valence-electron chi connectivity index (χ4n) is 1.86. The molecule has 0 unspecified atom stereocenters. The summed E-state index contributed by atoms with van der Waals surface area (Å²) < 4.78 is 42.5. The second kappa shape index (κ2) is 6.95. The second-order valence-corrected chi connectivity index (χ2v) is 5.70. The summed E-state index contributed by atoms with van der Waals surface area (Å²) in [4.78, 5) is 23.4. The maximum absolute atomic E-state index is 12.5. The van der Waals surface area contributed by atoms with Crippen molar-refractivity contribution in [3.05, 3.63) is 34.3 Å². The Kier molecular flexibility index (Phi) is 5.17. The molecule has 0 aliphatic carbocycles. The van der Waals surface area contributed by atoms with Crippen LogP contribution in [0.15, 0.2) is 18.2 Å². The molecule has 6 nitrogen and oxygen atoms in total. The number of anilines is 1. The lowest BCUT2D eigenvalue weighted by Gasteiger charge is -2.09. The van der Waals surface area contributed by atoms with Crippen LogP contribution in [0.4, 0.5) is 18.3 Å². The third kappa shape index (κ3) is 4.28. The number of halogens is 3. The van der Waals surface area contributed by atoms with Gasteiger partial charge in [0, 0.05) is 11.1 Å². The summed E-state index contributed by atoms with van der Waals surface area (Å²) in [5.74, 6) is -0.388. The molecule has 0 aliphatic heterocycles. The number of aromatic nitrogens is 2. The molecule has 2 aromatic rings. The van der Waals surface area contributed by atoms with E-state index in [9.17, 15) is 22.8 Å². The fraction of sp³-hybridized carbons (Fsp3) is 0.286. The van der Waals surface area contributed by atoms with E-state index in [4.69, 9.17) is 4.74 Å². The third-order valence-corrected chi connectivity index (χ3v) is 3.84. The first-order valence-electron chi connectivity index (χ1n) is 6.59. The first-order valence-corrected chi connectivity index (χ1v) is 7.40. The average molecular weight is 359 g/mol. The summed E-state index contributed by atoms with van der Waals surface area (Å²) in [6.07, 6.45) is -4.80. The number of hydrogen-bond donors (Lipinski definition) is 1. The number of nitrogens with one attached hydrogen (secondary N) is 1. The maximum Gasteiger partial charge on any atom is 0.445 e. The topological polar surface area (TPSA) is 81.2 Å². The van der Waals surface area contributed by atoms with E-state index >= 15 is 0 Å². The Balaban J connectivity index is 2.13. The molecule has 0 spiro atoms. The van der Waals surface area contributed by atoms with E-state index in [1.165, 1.54) is 20.1 Å². The van der Waals surface area contributed by atoms with Crippen LogP contribution in [0, 0.1) is 0 Å². The molecule has 1 amide bonds. The zero-order chi connectivity index (χ0) is 17.9. The predicted octanol–water partition coefficient (Wildman–Crippen LogP) is 2.95. The number of alkyl halides is 3. The van der Waals surface area contributed by atoms with E-state index in [0.29, 0.717) is 16.9 Å². The van der Waals surface area contributed by atoms with Gasteiger partial charge in [0.25, 0.3) is 0 Å². The van der Waals surface area contributed by atoms with Gasteiger partial charge in [-0.25, -0.2) is 0 Å². The molecule has 0 radical (unpaired) electrons. The molecule has 0 atom stereocenters. The molecule has 10 heteroatoms. The van der Waals surface area contributed by atoms with Crippen molar-refractivity contribution >= 4 is 28.2 Å². The van der Waals surface area contributed by atoms with Gasteiger partial charge < -0.3 is 10.1 Å². The molecule has 1 aromatic heterocycles. The maximum atomic E-state index is 12.5. The molecule has 1 heterocycles. The highest BCUT2D eigenvalue weighted by Gasteiger charge is 2.35. The van der Waals surface area contributed by atoms with Crippen molar-refractivity contribution in [2.24, 2.45) is 0 Å². The summed E-state index contributed by atoms with van der Waals surface area (Å²) in [7, 11) is 1.41. The van der Waals surface area contributed by atoms with Crippen LogP contribution in [0.5, 0.6) is 5.75 Å². The number of hydrogen-bond acceptors (Lipinski definition) is 6. The zero-order valence-electron chi connectivity index (χ0n) is 12.6. The zero-order valence-corrected chi connectivity index (χ0v) is 13.4. The van der Waals surface area contributed by atoms with Crippen molar-refractivity contribution in [1.82, 2.24) is 10.2 Å². The van der Waals surface area contributed by atoms with Gasteiger partial charge in [0.1, 0.15) is 5.75 Å². The van der Waals surface area contributed by atoms with Crippen molar-refractivity contribution in [3.8, 4) is 5.75 Å². The first-order chi connectivity index (χ1) is 11.2. The molecular weight excluding hydrogens is 347 g/mol. The first kappa shape index (κ1) is 17.9. The Morgan fingerprint density at radius 1 is 1.29 bits per heavy atom. The quantitative estimate of drug-likeness (QED) is 0.830.